The number of methoxy groups -OCH3 is 1. The van der Waals surface area contributed by atoms with Gasteiger partial charge >= 0.3 is 0 Å². The molecule has 0 amide bonds. The van der Waals surface area contributed by atoms with E-state index in [0.717, 1.165) is 24.0 Å². The second-order valence-electron chi connectivity index (χ2n) is 4.65. The molecule has 5 heteroatoms. The number of aromatic nitrogens is 1. The topological polar surface area (TPSA) is 51.4 Å². The van der Waals surface area contributed by atoms with Crippen molar-refractivity contribution in [2.45, 2.75) is 38.8 Å². The molecule has 1 heterocycles. The monoisotopic (exact) mass is 255 g/mol. The quantitative estimate of drug-likeness (QED) is 0.845. The Hall–Kier alpha value is -0.650. The van der Waals surface area contributed by atoms with Crippen LogP contribution in [0.25, 0.3) is 0 Å². The lowest BCUT2D eigenvalue weighted by Gasteiger charge is -2.20. The third kappa shape index (κ3) is 2.97. The smallest absolute Gasteiger partial charge is 0.186 e. The number of nitrogens with zero attached hydrogens (tertiary/aromatic N) is 2. The number of aryl methyl sites for hydroxylation is 1. The minimum atomic E-state index is 0.0738. The first-order valence-corrected chi connectivity index (χ1v) is 6.93. The molecule has 0 saturated heterocycles. The van der Waals surface area contributed by atoms with Crippen LogP contribution < -0.4 is 10.6 Å². The SMILES string of the molecule is COCCN(c1nc(C)c(C(C)N)s1)C1CC1. The molecule has 96 valence electrons. The summed E-state index contributed by atoms with van der Waals surface area (Å²) in [5.74, 6) is 0. The minimum Gasteiger partial charge on any atom is -0.383 e. The molecule has 1 atom stereocenters. The average Bonchev–Trinajstić information content (AvgIpc) is 3.02. The molecule has 1 fully saturated rings. The van der Waals surface area contributed by atoms with E-state index in [0.29, 0.717) is 6.04 Å². The standard InChI is InChI=1S/C12H21N3OS/c1-8(13)11-9(2)14-12(17-11)15(6-7-16-3)10-4-5-10/h8,10H,4-7,13H2,1-3H3. The number of anilines is 1. The largest absolute Gasteiger partial charge is 0.383 e. The molecule has 0 aliphatic heterocycles. The molecule has 1 aliphatic carbocycles. The van der Waals surface area contributed by atoms with Gasteiger partial charge < -0.3 is 15.4 Å². The maximum atomic E-state index is 5.95. The Kier molecular flexibility index (Phi) is 4.01. The van der Waals surface area contributed by atoms with Crippen molar-refractivity contribution in [3.8, 4) is 0 Å². The summed E-state index contributed by atoms with van der Waals surface area (Å²) in [7, 11) is 1.74. The lowest BCUT2D eigenvalue weighted by Crippen LogP contribution is -2.29. The molecular formula is C12H21N3OS. The fourth-order valence-electron chi connectivity index (χ4n) is 1.95. The maximum Gasteiger partial charge on any atom is 0.186 e. The van der Waals surface area contributed by atoms with Crippen LogP contribution in [0.4, 0.5) is 5.13 Å². The van der Waals surface area contributed by atoms with Gasteiger partial charge in [0.15, 0.2) is 5.13 Å². The van der Waals surface area contributed by atoms with E-state index >= 15 is 0 Å². The Morgan fingerprint density at radius 1 is 1.59 bits per heavy atom. The lowest BCUT2D eigenvalue weighted by molar-refractivity contribution is 0.205. The molecule has 2 N–H and O–H groups in total. The number of hydrogen-bond donors (Lipinski definition) is 1. The Labute approximate surface area is 107 Å². The molecule has 17 heavy (non-hydrogen) atoms. The normalized spacial score (nSPS) is 17.2. The number of hydrogen-bond acceptors (Lipinski definition) is 5. The van der Waals surface area contributed by atoms with Crippen LogP contribution in [0.15, 0.2) is 0 Å². The van der Waals surface area contributed by atoms with Gasteiger partial charge in [0.05, 0.1) is 12.3 Å². The second-order valence-corrected chi connectivity index (χ2v) is 5.66. The first kappa shape index (κ1) is 12.8. The van der Waals surface area contributed by atoms with Crippen molar-refractivity contribution in [3.63, 3.8) is 0 Å². The van der Waals surface area contributed by atoms with E-state index in [9.17, 15) is 0 Å². The van der Waals surface area contributed by atoms with E-state index in [1.807, 2.05) is 13.8 Å². The van der Waals surface area contributed by atoms with Crippen molar-refractivity contribution >= 4 is 16.5 Å². The van der Waals surface area contributed by atoms with Gasteiger partial charge in [-0.1, -0.05) is 0 Å². The van der Waals surface area contributed by atoms with E-state index in [1.165, 1.54) is 17.7 Å². The van der Waals surface area contributed by atoms with Crippen molar-refractivity contribution in [1.29, 1.82) is 0 Å². The van der Waals surface area contributed by atoms with Crippen LogP contribution in [0.5, 0.6) is 0 Å². The maximum absolute atomic E-state index is 5.95. The van der Waals surface area contributed by atoms with E-state index < -0.39 is 0 Å². The van der Waals surface area contributed by atoms with Gasteiger partial charge in [0.2, 0.25) is 0 Å². The predicted octanol–water partition coefficient (Wildman–Crippen LogP) is 2.09. The summed E-state index contributed by atoms with van der Waals surface area (Å²) in [6.07, 6.45) is 2.55. The van der Waals surface area contributed by atoms with Crippen molar-refractivity contribution in [1.82, 2.24) is 4.98 Å². The van der Waals surface area contributed by atoms with Gasteiger partial charge in [0, 0.05) is 30.6 Å². The molecule has 0 spiro atoms. The van der Waals surface area contributed by atoms with Gasteiger partial charge in [-0.3, -0.25) is 0 Å². The van der Waals surface area contributed by atoms with Crippen molar-refractivity contribution in [2.75, 3.05) is 25.2 Å². The summed E-state index contributed by atoms with van der Waals surface area (Å²) < 4.78 is 5.17. The number of rotatable bonds is 6. The molecule has 0 radical (unpaired) electrons. The molecule has 1 aromatic heterocycles. The molecule has 1 saturated carbocycles. The van der Waals surface area contributed by atoms with Gasteiger partial charge in [0.25, 0.3) is 0 Å². The molecule has 2 rings (SSSR count). The van der Waals surface area contributed by atoms with E-state index in [1.54, 1.807) is 18.4 Å². The van der Waals surface area contributed by atoms with Crippen molar-refractivity contribution in [2.24, 2.45) is 5.73 Å². The molecular weight excluding hydrogens is 234 g/mol. The summed E-state index contributed by atoms with van der Waals surface area (Å²) in [5.41, 5.74) is 7.02. The summed E-state index contributed by atoms with van der Waals surface area (Å²) in [6.45, 7) is 5.73. The first-order chi connectivity index (χ1) is 8.13. The number of thiazole rings is 1. The average molecular weight is 255 g/mol. The zero-order chi connectivity index (χ0) is 12.4. The highest BCUT2D eigenvalue weighted by atomic mass is 32.1. The van der Waals surface area contributed by atoms with Crippen LogP contribution in [-0.4, -0.2) is 31.3 Å². The third-order valence-electron chi connectivity index (χ3n) is 3.00. The summed E-state index contributed by atoms with van der Waals surface area (Å²) in [5, 5.41) is 1.11. The number of nitrogens with two attached hydrogens (primary N) is 1. The lowest BCUT2D eigenvalue weighted by atomic mass is 10.2. The Bertz CT molecular complexity index is 374. The van der Waals surface area contributed by atoms with Gasteiger partial charge in [-0.25, -0.2) is 4.98 Å². The van der Waals surface area contributed by atoms with Crippen LogP contribution in [0.2, 0.25) is 0 Å². The zero-order valence-electron chi connectivity index (χ0n) is 10.8. The predicted molar refractivity (Wildman–Crippen MR) is 71.7 cm³/mol. The van der Waals surface area contributed by atoms with Crippen LogP contribution in [0.3, 0.4) is 0 Å². The third-order valence-corrected chi connectivity index (χ3v) is 4.40. The Morgan fingerprint density at radius 3 is 2.76 bits per heavy atom. The van der Waals surface area contributed by atoms with Gasteiger partial charge in [-0.2, -0.15) is 0 Å². The fourth-order valence-corrected chi connectivity index (χ4v) is 3.07. The molecule has 1 unspecified atom stereocenters. The van der Waals surface area contributed by atoms with Crippen LogP contribution in [0.1, 0.15) is 36.4 Å². The Morgan fingerprint density at radius 2 is 2.29 bits per heavy atom. The summed E-state index contributed by atoms with van der Waals surface area (Å²) in [6, 6.07) is 0.737. The van der Waals surface area contributed by atoms with Gasteiger partial charge in [-0.05, 0) is 26.7 Å². The van der Waals surface area contributed by atoms with Crippen LogP contribution in [-0.2, 0) is 4.74 Å². The highest BCUT2D eigenvalue weighted by Crippen LogP contribution is 2.36. The highest BCUT2D eigenvalue weighted by Gasteiger charge is 2.31. The van der Waals surface area contributed by atoms with Crippen LogP contribution >= 0.6 is 11.3 Å². The highest BCUT2D eigenvalue weighted by molar-refractivity contribution is 7.15. The van der Waals surface area contributed by atoms with E-state index in [-0.39, 0.29) is 6.04 Å². The van der Waals surface area contributed by atoms with E-state index in [4.69, 9.17) is 10.5 Å². The van der Waals surface area contributed by atoms with Gasteiger partial charge in [-0.15, -0.1) is 11.3 Å². The second kappa shape index (κ2) is 5.33. The molecule has 0 bridgehead atoms. The Balaban J connectivity index is 2.14. The first-order valence-electron chi connectivity index (χ1n) is 6.12. The molecule has 0 aromatic carbocycles. The molecule has 1 aliphatic rings. The molecule has 1 aromatic rings. The van der Waals surface area contributed by atoms with Crippen LogP contribution in [0, 0.1) is 6.92 Å². The van der Waals surface area contributed by atoms with E-state index in [2.05, 4.69) is 9.88 Å². The summed E-state index contributed by atoms with van der Waals surface area (Å²) >= 11 is 1.73. The fraction of sp³-hybridized carbons (Fsp3) is 0.750. The van der Waals surface area contributed by atoms with Crippen molar-refractivity contribution in [3.05, 3.63) is 10.6 Å². The minimum absolute atomic E-state index is 0.0738. The van der Waals surface area contributed by atoms with Crippen molar-refractivity contribution < 1.29 is 4.74 Å². The summed E-state index contributed by atoms with van der Waals surface area (Å²) in [4.78, 5) is 8.22. The van der Waals surface area contributed by atoms with Gasteiger partial charge in [0.1, 0.15) is 0 Å². The zero-order valence-corrected chi connectivity index (χ0v) is 11.6. The number of ether oxygens (including phenoxy) is 1. The molecule has 4 nitrogen and oxygen atoms in total.